The number of nitrogens with zero attached hydrogens (tertiary/aromatic N) is 2. The van der Waals surface area contributed by atoms with Gasteiger partial charge in [0, 0.05) is 32.3 Å². The summed E-state index contributed by atoms with van der Waals surface area (Å²) in [6.45, 7) is 2.76. The van der Waals surface area contributed by atoms with Crippen LogP contribution in [0.4, 0.5) is 5.69 Å². The quantitative estimate of drug-likeness (QED) is 0.788. The predicted octanol–water partition coefficient (Wildman–Crippen LogP) is 2.35. The van der Waals surface area contributed by atoms with Crippen LogP contribution in [0.15, 0.2) is 42.7 Å². The van der Waals surface area contributed by atoms with Crippen molar-refractivity contribution in [3.05, 3.63) is 48.3 Å². The number of nitrogens with one attached hydrogen (secondary N) is 1. The van der Waals surface area contributed by atoms with E-state index < -0.39 is 0 Å². The molecule has 0 bridgehead atoms. The third-order valence-corrected chi connectivity index (χ3v) is 3.16. The van der Waals surface area contributed by atoms with Crippen LogP contribution in [0.5, 0.6) is 0 Å². The van der Waals surface area contributed by atoms with Gasteiger partial charge in [0.2, 0.25) is 0 Å². The molecule has 0 aliphatic carbocycles. The van der Waals surface area contributed by atoms with Gasteiger partial charge in [0.05, 0.1) is 12.6 Å². The molecular weight excluding hydrogens is 254 g/mol. The summed E-state index contributed by atoms with van der Waals surface area (Å²) in [5, 5.41) is 7.67. The van der Waals surface area contributed by atoms with Crippen LogP contribution in [-0.2, 0) is 16.0 Å². The first-order valence-corrected chi connectivity index (χ1v) is 6.62. The first kappa shape index (κ1) is 14.6. The third-order valence-electron chi connectivity index (χ3n) is 3.16. The van der Waals surface area contributed by atoms with E-state index in [1.54, 1.807) is 20.4 Å². The highest BCUT2D eigenvalue weighted by molar-refractivity contribution is 5.51. The summed E-state index contributed by atoms with van der Waals surface area (Å²) >= 11 is 0. The van der Waals surface area contributed by atoms with Crippen molar-refractivity contribution in [2.75, 3.05) is 19.5 Å². The molecule has 5 heteroatoms. The predicted molar refractivity (Wildman–Crippen MR) is 78.7 cm³/mol. The highest BCUT2D eigenvalue weighted by Crippen LogP contribution is 2.18. The molecule has 5 nitrogen and oxygen atoms in total. The van der Waals surface area contributed by atoms with Gasteiger partial charge in [-0.2, -0.15) is 5.10 Å². The molecule has 2 aromatic rings. The summed E-state index contributed by atoms with van der Waals surface area (Å²) in [5.74, 6) is 0. The maximum Gasteiger partial charge on any atom is 0.176 e. The number of aromatic nitrogens is 2. The van der Waals surface area contributed by atoms with Gasteiger partial charge in [-0.1, -0.05) is 18.2 Å². The van der Waals surface area contributed by atoms with Gasteiger partial charge in [0.1, 0.15) is 0 Å². The van der Waals surface area contributed by atoms with Crippen molar-refractivity contribution >= 4 is 5.69 Å². The minimum atomic E-state index is -0.284. The number of para-hydroxylation sites is 1. The highest BCUT2D eigenvalue weighted by atomic mass is 16.7. The van der Waals surface area contributed by atoms with E-state index in [2.05, 4.69) is 22.5 Å². The molecule has 1 N–H and O–H groups in total. The van der Waals surface area contributed by atoms with Crippen molar-refractivity contribution < 1.29 is 9.47 Å². The van der Waals surface area contributed by atoms with Crippen molar-refractivity contribution in [1.82, 2.24) is 9.78 Å². The zero-order chi connectivity index (χ0) is 14.4. The lowest BCUT2D eigenvalue weighted by atomic mass is 10.1. The van der Waals surface area contributed by atoms with Crippen LogP contribution in [-0.4, -0.2) is 36.3 Å². The molecule has 0 aliphatic heterocycles. The molecule has 108 valence electrons. The van der Waals surface area contributed by atoms with Crippen LogP contribution in [0.25, 0.3) is 0 Å². The lowest BCUT2D eigenvalue weighted by molar-refractivity contribution is -0.109. The summed E-state index contributed by atoms with van der Waals surface area (Å²) in [7, 11) is 3.28. The molecule has 0 spiro atoms. The Labute approximate surface area is 119 Å². The van der Waals surface area contributed by atoms with E-state index in [0.29, 0.717) is 0 Å². The Morgan fingerprint density at radius 3 is 2.60 bits per heavy atom. The first-order valence-electron chi connectivity index (χ1n) is 6.62. The molecule has 2 rings (SSSR count). The van der Waals surface area contributed by atoms with E-state index in [1.807, 2.05) is 36.0 Å². The van der Waals surface area contributed by atoms with E-state index in [0.717, 1.165) is 12.2 Å². The van der Waals surface area contributed by atoms with Crippen LogP contribution in [0.3, 0.4) is 0 Å². The van der Waals surface area contributed by atoms with Gasteiger partial charge in [-0.25, -0.2) is 0 Å². The maximum absolute atomic E-state index is 5.28. The average molecular weight is 275 g/mol. The van der Waals surface area contributed by atoms with Crippen LogP contribution < -0.4 is 5.32 Å². The van der Waals surface area contributed by atoms with E-state index >= 15 is 0 Å². The Morgan fingerprint density at radius 1 is 1.20 bits per heavy atom. The van der Waals surface area contributed by atoms with Crippen LogP contribution in [0.2, 0.25) is 0 Å². The molecule has 0 radical (unpaired) electrons. The van der Waals surface area contributed by atoms with Crippen LogP contribution in [0, 0.1) is 0 Å². The van der Waals surface area contributed by atoms with Crippen LogP contribution in [0.1, 0.15) is 12.5 Å². The summed E-state index contributed by atoms with van der Waals surface area (Å²) in [5.41, 5.74) is 2.24. The number of ether oxygens (including phenoxy) is 2. The van der Waals surface area contributed by atoms with Gasteiger partial charge >= 0.3 is 0 Å². The Hall–Kier alpha value is -1.85. The maximum atomic E-state index is 5.28. The summed E-state index contributed by atoms with van der Waals surface area (Å²) in [6, 6.07) is 10.1. The minimum Gasteiger partial charge on any atom is -0.377 e. The normalized spacial score (nSPS) is 12.6. The lowest BCUT2D eigenvalue weighted by Gasteiger charge is -2.24. The van der Waals surface area contributed by atoms with Gasteiger partial charge in [0.25, 0.3) is 0 Å². The van der Waals surface area contributed by atoms with Crippen molar-refractivity contribution in [2.24, 2.45) is 0 Å². The molecule has 1 aromatic carbocycles. The second kappa shape index (κ2) is 7.07. The van der Waals surface area contributed by atoms with Gasteiger partial charge in [0.15, 0.2) is 6.29 Å². The smallest absolute Gasteiger partial charge is 0.176 e. The molecule has 0 amide bonds. The number of rotatable bonds is 7. The zero-order valence-electron chi connectivity index (χ0n) is 12.1. The number of methoxy groups -OCH3 is 2. The van der Waals surface area contributed by atoms with E-state index in [1.165, 1.54) is 5.56 Å². The number of hydrogen-bond donors (Lipinski definition) is 1. The van der Waals surface area contributed by atoms with Crippen molar-refractivity contribution in [2.45, 2.75) is 25.8 Å². The summed E-state index contributed by atoms with van der Waals surface area (Å²) in [6.07, 6.45) is 3.45. The Morgan fingerprint density at radius 2 is 1.95 bits per heavy atom. The van der Waals surface area contributed by atoms with Crippen LogP contribution >= 0.6 is 0 Å². The molecule has 1 atom stereocenters. The second-order valence-corrected chi connectivity index (χ2v) is 4.63. The fraction of sp³-hybridized carbons (Fsp3) is 0.400. The van der Waals surface area contributed by atoms with Gasteiger partial charge < -0.3 is 14.8 Å². The molecule has 1 unspecified atom stereocenters. The Kier molecular flexibility index (Phi) is 5.15. The number of anilines is 1. The molecule has 20 heavy (non-hydrogen) atoms. The lowest BCUT2D eigenvalue weighted by Crippen LogP contribution is -2.34. The summed E-state index contributed by atoms with van der Waals surface area (Å²) < 4.78 is 12.5. The molecular formula is C15H21N3O2. The van der Waals surface area contributed by atoms with Crippen molar-refractivity contribution in [3.8, 4) is 0 Å². The fourth-order valence-electron chi connectivity index (χ4n) is 2.19. The molecule has 0 fully saturated rings. The fourth-order valence-corrected chi connectivity index (χ4v) is 2.19. The first-order chi connectivity index (χ1) is 9.74. The largest absolute Gasteiger partial charge is 0.377 e. The standard InChI is InChI=1S/C15H21N3O2/c1-12(15(19-2)20-3)17-14-8-5-4-7-13(14)11-18-10-6-9-16-18/h4-10,12,15,17H,11H2,1-3H3. The molecule has 0 saturated heterocycles. The SMILES string of the molecule is COC(OC)C(C)Nc1ccccc1Cn1cccn1. The third kappa shape index (κ3) is 3.59. The Bertz CT molecular complexity index is 510. The molecule has 1 aromatic heterocycles. The van der Waals surface area contributed by atoms with E-state index in [9.17, 15) is 0 Å². The monoisotopic (exact) mass is 275 g/mol. The molecule has 0 saturated carbocycles. The number of hydrogen-bond acceptors (Lipinski definition) is 4. The Balaban J connectivity index is 2.11. The topological polar surface area (TPSA) is 48.3 Å². The molecule has 1 heterocycles. The van der Waals surface area contributed by atoms with Gasteiger partial charge in [-0.3, -0.25) is 4.68 Å². The highest BCUT2D eigenvalue weighted by Gasteiger charge is 2.16. The molecule has 0 aliphatic rings. The van der Waals surface area contributed by atoms with Crippen molar-refractivity contribution in [1.29, 1.82) is 0 Å². The van der Waals surface area contributed by atoms with Crippen molar-refractivity contribution in [3.63, 3.8) is 0 Å². The second-order valence-electron chi connectivity index (χ2n) is 4.63. The van der Waals surface area contributed by atoms with Gasteiger partial charge in [-0.15, -0.1) is 0 Å². The zero-order valence-corrected chi connectivity index (χ0v) is 12.1. The minimum absolute atomic E-state index is 0.0452. The van der Waals surface area contributed by atoms with E-state index in [4.69, 9.17) is 9.47 Å². The average Bonchev–Trinajstić information content (AvgIpc) is 2.95. The summed E-state index contributed by atoms with van der Waals surface area (Å²) in [4.78, 5) is 0. The van der Waals surface area contributed by atoms with Gasteiger partial charge in [-0.05, 0) is 24.6 Å². The number of benzene rings is 1. The van der Waals surface area contributed by atoms with E-state index in [-0.39, 0.29) is 12.3 Å².